The van der Waals surface area contributed by atoms with Gasteiger partial charge >= 0.3 is 0 Å². The second-order valence-electron chi connectivity index (χ2n) is 6.33. The topological polar surface area (TPSA) is 101 Å². The van der Waals surface area contributed by atoms with Crippen LogP contribution in [-0.4, -0.2) is 22.2 Å². The lowest BCUT2D eigenvalue weighted by atomic mass is 10.1. The van der Waals surface area contributed by atoms with Crippen LogP contribution in [0.5, 0.6) is 11.5 Å². The number of aromatic nitrogens is 2. The highest BCUT2D eigenvalue weighted by molar-refractivity contribution is 5.72. The summed E-state index contributed by atoms with van der Waals surface area (Å²) >= 11 is 0. The van der Waals surface area contributed by atoms with Crippen molar-refractivity contribution in [2.24, 2.45) is 0 Å². The third-order valence-corrected chi connectivity index (χ3v) is 4.39. The zero-order chi connectivity index (χ0) is 20.9. The number of ether oxygens (including phenoxy) is 2. The lowest BCUT2D eigenvalue weighted by Gasteiger charge is -2.12. The number of hydrogen-bond acceptors (Lipinski definition) is 7. The fourth-order valence-electron chi connectivity index (χ4n) is 2.91. The molecule has 0 atom stereocenters. The quantitative estimate of drug-likeness (QED) is 0.319. The van der Waals surface area contributed by atoms with Gasteiger partial charge in [-0.25, -0.2) is 0 Å². The summed E-state index contributed by atoms with van der Waals surface area (Å²) in [6, 6.07) is 21.5. The minimum absolute atomic E-state index is 0.0211. The third kappa shape index (κ3) is 3.97. The SMILES string of the molecule is COc1cc([N+](=O)[O-])c(-c2nnc(-c3ccccc3)o2)cc1OCc1ccccc1. The van der Waals surface area contributed by atoms with Gasteiger partial charge in [-0.3, -0.25) is 10.1 Å². The Bertz CT molecular complexity index is 1160. The zero-order valence-corrected chi connectivity index (χ0v) is 16.0. The van der Waals surface area contributed by atoms with E-state index in [1.165, 1.54) is 19.2 Å². The summed E-state index contributed by atoms with van der Waals surface area (Å²) in [5.74, 6) is 0.862. The summed E-state index contributed by atoms with van der Waals surface area (Å²) in [6.07, 6.45) is 0. The maximum absolute atomic E-state index is 11.7. The van der Waals surface area contributed by atoms with Crippen LogP contribution < -0.4 is 9.47 Å². The number of hydrogen-bond donors (Lipinski definition) is 0. The Morgan fingerprint density at radius 1 is 0.933 bits per heavy atom. The second kappa shape index (κ2) is 8.44. The Kier molecular flexibility index (Phi) is 5.38. The summed E-state index contributed by atoms with van der Waals surface area (Å²) in [7, 11) is 1.42. The van der Waals surface area contributed by atoms with Gasteiger partial charge < -0.3 is 13.9 Å². The molecule has 8 nitrogen and oxygen atoms in total. The first-order chi connectivity index (χ1) is 14.7. The zero-order valence-electron chi connectivity index (χ0n) is 16.0. The monoisotopic (exact) mass is 403 g/mol. The molecule has 0 amide bonds. The molecule has 4 aromatic rings. The summed E-state index contributed by atoms with van der Waals surface area (Å²) in [5.41, 5.74) is 1.59. The van der Waals surface area contributed by atoms with Gasteiger partial charge in [0.05, 0.1) is 18.1 Å². The molecule has 0 aliphatic rings. The van der Waals surface area contributed by atoms with Crippen molar-refractivity contribution < 1.29 is 18.8 Å². The lowest BCUT2D eigenvalue weighted by Crippen LogP contribution is -2.00. The first-order valence-electron chi connectivity index (χ1n) is 9.08. The molecule has 0 unspecified atom stereocenters. The van der Waals surface area contributed by atoms with Crippen molar-refractivity contribution in [1.29, 1.82) is 0 Å². The highest BCUT2D eigenvalue weighted by Gasteiger charge is 2.25. The summed E-state index contributed by atoms with van der Waals surface area (Å²) in [4.78, 5) is 11.1. The predicted molar refractivity (Wildman–Crippen MR) is 109 cm³/mol. The molecule has 4 rings (SSSR count). The normalized spacial score (nSPS) is 10.6. The van der Waals surface area contributed by atoms with Crippen molar-refractivity contribution in [2.45, 2.75) is 6.61 Å². The Hall–Kier alpha value is -4.20. The molecule has 1 aromatic heterocycles. The first-order valence-corrected chi connectivity index (χ1v) is 9.08. The smallest absolute Gasteiger partial charge is 0.286 e. The van der Waals surface area contributed by atoms with Crippen LogP contribution in [0.25, 0.3) is 22.9 Å². The fourth-order valence-corrected chi connectivity index (χ4v) is 2.91. The van der Waals surface area contributed by atoms with E-state index in [1.807, 2.05) is 60.7 Å². The largest absolute Gasteiger partial charge is 0.493 e. The highest BCUT2D eigenvalue weighted by atomic mass is 16.6. The molecule has 30 heavy (non-hydrogen) atoms. The van der Waals surface area contributed by atoms with Crippen molar-refractivity contribution in [1.82, 2.24) is 10.2 Å². The summed E-state index contributed by atoms with van der Waals surface area (Å²) < 4.78 is 16.9. The maximum Gasteiger partial charge on any atom is 0.286 e. The molecule has 0 saturated heterocycles. The Morgan fingerprint density at radius 3 is 2.27 bits per heavy atom. The minimum Gasteiger partial charge on any atom is -0.493 e. The van der Waals surface area contributed by atoms with E-state index in [4.69, 9.17) is 13.9 Å². The van der Waals surface area contributed by atoms with Gasteiger partial charge in [-0.15, -0.1) is 10.2 Å². The first kappa shape index (κ1) is 19.1. The highest BCUT2D eigenvalue weighted by Crippen LogP contribution is 2.40. The molecule has 8 heteroatoms. The van der Waals surface area contributed by atoms with E-state index >= 15 is 0 Å². The van der Waals surface area contributed by atoms with Crippen LogP contribution >= 0.6 is 0 Å². The Balaban J connectivity index is 1.72. The van der Waals surface area contributed by atoms with Crippen LogP contribution in [0.4, 0.5) is 5.69 Å². The lowest BCUT2D eigenvalue weighted by molar-refractivity contribution is -0.384. The fraction of sp³-hybridized carbons (Fsp3) is 0.0909. The Labute approximate surface area is 171 Å². The minimum atomic E-state index is -0.523. The van der Waals surface area contributed by atoms with Gasteiger partial charge in [-0.2, -0.15) is 0 Å². The maximum atomic E-state index is 11.7. The average molecular weight is 403 g/mol. The van der Waals surface area contributed by atoms with Crippen LogP contribution in [0.1, 0.15) is 5.56 Å². The van der Waals surface area contributed by atoms with Gasteiger partial charge in [0.25, 0.3) is 11.6 Å². The van der Waals surface area contributed by atoms with Crippen molar-refractivity contribution in [3.63, 3.8) is 0 Å². The van der Waals surface area contributed by atoms with Gasteiger partial charge in [0, 0.05) is 11.6 Å². The molecule has 3 aromatic carbocycles. The van der Waals surface area contributed by atoms with Crippen LogP contribution in [-0.2, 0) is 6.61 Å². The summed E-state index contributed by atoms with van der Waals surface area (Å²) in [6.45, 7) is 0.271. The van der Waals surface area contributed by atoms with E-state index in [2.05, 4.69) is 10.2 Å². The molecule has 150 valence electrons. The van der Waals surface area contributed by atoms with E-state index < -0.39 is 4.92 Å². The van der Waals surface area contributed by atoms with Gasteiger partial charge in [0.15, 0.2) is 11.5 Å². The molecule has 0 aliphatic heterocycles. The molecule has 0 aliphatic carbocycles. The molecule has 0 bridgehead atoms. The van der Waals surface area contributed by atoms with Gasteiger partial charge in [0.2, 0.25) is 5.89 Å². The van der Waals surface area contributed by atoms with Crippen LogP contribution in [0.2, 0.25) is 0 Å². The van der Waals surface area contributed by atoms with E-state index in [0.29, 0.717) is 11.3 Å². The number of rotatable bonds is 7. The molecule has 0 fully saturated rings. The molecular weight excluding hydrogens is 386 g/mol. The molecule has 0 saturated carbocycles. The third-order valence-electron chi connectivity index (χ3n) is 4.39. The van der Waals surface area contributed by atoms with E-state index in [1.54, 1.807) is 0 Å². The number of nitrogens with zero attached hydrogens (tertiary/aromatic N) is 3. The van der Waals surface area contributed by atoms with Gasteiger partial charge in [-0.05, 0) is 17.7 Å². The predicted octanol–water partition coefficient (Wildman–Crippen LogP) is 4.90. The van der Waals surface area contributed by atoms with Gasteiger partial charge in [-0.1, -0.05) is 48.5 Å². The van der Waals surface area contributed by atoms with E-state index in [9.17, 15) is 10.1 Å². The molecule has 1 heterocycles. The number of methoxy groups -OCH3 is 1. The summed E-state index contributed by atoms with van der Waals surface area (Å²) in [5, 5.41) is 19.7. The molecule has 0 spiro atoms. The van der Waals surface area contributed by atoms with Crippen LogP contribution in [0.15, 0.2) is 77.2 Å². The molecular formula is C22H17N3O5. The van der Waals surface area contributed by atoms with Crippen molar-refractivity contribution in [3.05, 3.63) is 88.5 Å². The van der Waals surface area contributed by atoms with Gasteiger partial charge in [0.1, 0.15) is 12.2 Å². The van der Waals surface area contributed by atoms with Crippen LogP contribution in [0, 0.1) is 10.1 Å². The van der Waals surface area contributed by atoms with E-state index in [-0.39, 0.29) is 35.4 Å². The number of nitro groups is 1. The molecule has 0 N–H and O–H groups in total. The Morgan fingerprint density at radius 2 is 1.60 bits per heavy atom. The standard InChI is InChI=1S/C22H17N3O5/c1-28-19-13-18(25(26)27)17(12-20(19)29-14-15-8-4-2-5-9-15)22-24-23-21(30-22)16-10-6-3-7-11-16/h2-13H,14H2,1H3. The average Bonchev–Trinajstić information content (AvgIpc) is 3.28. The van der Waals surface area contributed by atoms with Crippen molar-refractivity contribution in [3.8, 4) is 34.4 Å². The van der Waals surface area contributed by atoms with E-state index in [0.717, 1.165) is 5.56 Å². The van der Waals surface area contributed by atoms with Crippen molar-refractivity contribution >= 4 is 5.69 Å². The van der Waals surface area contributed by atoms with Crippen LogP contribution in [0.3, 0.4) is 0 Å². The second-order valence-corrected chi connectivity index (χ2v) is 6.33. The van der Waals surface area contributed by atoms with Crippen molar-refractivity contribution in [2.75, 3.05) is 7.11 Å². The number of benzene rings is 3. The number of nitro benzene ring substituents is 1. The molecule has 0 radical (unpaired) electrons.